The Labute approximate surface area is 117 Å². The van der Waals surface area contributed by atoms with E-state index in [0.29, 0.717) is 10.8 Å². The standard InChI is InChI=1S/C16H9F3O2/c17-16(18,19)12-6-3-5-11(8-12)14-9-10-4-1-2-7-13(10)15(20)21-14/h1-9H. The molecule has 3 aromatic rings. The van der Waals surface area contributed by atoms with Crippen LogP contribution in [0, 0.1) is 0 Å². The van der Waals surface area contributed by atoms with Gasteiger partial charge in [-0.1, -0.05) is 30.3 Å². The average Bonchev–Trinajstić information content (AvgIpc) is 2.46. The van der Waals surface area contributed by atoms with E-state index in [2.05, 4.69) is 0 Å². The van der Waals surface area contributed by atoms with Crippen molar-refractivity contribution in [3.63, 3.8) is 0 Å². The van der Waals surface area contributed by atoms with Gasteiger partial charge in [-0.05, 0) is 29.7 Å². The van der Waals surface area contributed by atoms with E-state index in [1.165, 1.54) is 12.1 Å². The maximum atomic E-state index is 12.7. The van der Waals surface area contributed by atoms with Gasteiger partial charge in [-0.25, -0.2) is 4.79 Å². The van der Waals surface area contributed by atoms with Gasteiger partial charge in [-0.3, -0.25) is 0 Å². The summed E-state index contributed by atoms with van der Waals surface area (Å²) in [6.45, 7) is 0. The van der Waals surface area contributed by atoms with E-state index in [9.17, 15) is 18.0 Å². The number of hydrogen-bond donors (Lipinski definition) is 0. The van der Waals surface area contributed by atoms with E-state index in [0.717, 1.165) is 12.1 Å². The molecule has 0 saturated heterocycles. The Hall–Kier alpha value is -2.56. The second kappa shape index (κ2) is 4.77. The number of alkyl halides is 3. The molecular formula is C16H9F3O2. The summed E-state index contributed by atoms with van der Waals surface area (Å²) < 4.78 is 43.3. The minimum Gasteiger partial charge on any atom is -0.422 e. The highest BCUT2D eigenvalue weighted by molar-refractivity contribution is 5.84. The molecule has 21 heavy (non-hydrogen) atoms. The third-order valence-corrected chi connectivity index (χ3v) is 3.14. The third kappa shape index (κ3) is 2.54. The van der Waals surface area contributed by atoms with Gasteiger partial charge in [0.2, 0.25) is 0 Å². The van der Waals surface area contributed by atoms with Crippen molar-refractivity contribution in [2.45, 2.75) is 6.18 Å². The van der Waals surface area contributed by atoms with Crippen LogP contribution in [0.2, 0.25) is 0 Å². The molecule has 5 heteroatoms. The Bertz CT molecular complexity index is 863. The lowest BCUT2D eigenvalue weighted by Gasteiger charge is -2.08. The first-order chi connectivity index (χ1) is 9.95. The van der Waals surface area contributed by atoms with E-state index in [4.69, 9.17) is 4.42 Å². The Morgan fingerprint density at radius 1 is 0.905 bits per heavy atom. The summed E-state index contributed by atoms with van der Waals surface area (Å²) in [6, 6.07) is 13.0. The summed E-state index contributed by atoms with van der Waals surface area (Å²) in [5.74, 6) is 0.116. The van der Waals surface area contributed by atoms with E-state index in [1.807, 2.05) is 0 Å². The van der Waals surface area contributed by atoms with Crippen LogP contribution in [0.3, 0.4) is 0 Å². The van der Waals surface area contributed by atoms with Crippen LogP contribution in [-0.4, -0.2) is 0 Å². The summed E-state index contributed by atoms with van der Waals surface area (Å²) in [6.07, 6.45) is -4.44. The Morgan fingerprint density at radius 2 is 1.67 bits per heavy atom. The van der Waals surface area contributed by atoms with Gasteiger partial charge in [0.25, 0.3) is 0 Å². The van der Waals surface area contributed by atoms with Gasteiger partial charge in [0.1, 0.15) is 5.76 Å². The fourth-order valence-electron chi connectivity index (χ4n) is 2.13. The fourth-order valence-corrected chi connectivity index (χ4v) is 2.13. The van der Waals surface area contributed by atoms with Crippen LogP contribution in [0.5, 0.6) is 0 Å². The minimum atomic E-state index is -4.44. The van der Waals surface area contributed by atoms with Crippen molar-refractivity contribution in [2.24, 2.45) is 0 Å². The molecule has 0 spiro atoms. The topological polar surface area (TPSA) is 30.2 Å². The maximum Gasteiger partial charge on any atom is 0.416 e. The van der Waals surface area contributed by atoms with Gasteiger partial charge in [-0.2, -0.15) is 13.2 Å². The average molecular weight is 290 g/mol. The monoisotopic (exact) mass is 290 g/mol. The van der Waals surface area contributed by atoms with Crippen LogP contribution in [0.4, 0.5) is 13.2 Å². The second-order valence-electron chi connectivity index (χ2n) is 4.56. The molecule has 0 N–H and O–H groups in total. The van der Waals surface area contributed by atoms with Crippen LogP contribution in [-0.2, 0) is 6.18 Å². The van der Waals surface area contributed by atoms with Crippen LogP contribution >= 0.6 is 0 Å². The van der Waals surface area contributed by atoms with Crippen LogP contribution in [0.1, 0.15) is 5.56 Å². The first-order valence-electron chi connectivity index (χ1n) is 6.16. The predicted octanol–water partition coefficient (Wildman–Crippen LogP) is 4.48. The number of halogens is 3. The van der Waals surface area contributed by atoms with Gasteiger partial charge < -0.3 is 4.42 Å². The SMILES string of the molecule is O=c1oc(-c2cccc(C(F)(F)F)c2)cc2ccccc12. The van der Waals surface area contributed by atoms with Crippen molar-refractivity contribution >= 4 is 10.8 Å². The van der Waals surface area contributed by atoms with Crippen molar-refractivity contribution in [2.75, 3.05) is 0 Å². The molecule has 0 saturated carbocycles. The summed E-state index contributed by atoms with van der Waals surface area (Å²) in [7, 11) is 0. The first kappa shape index (κ1) is 13.4. The first-order valence-corrected chi connectivity index (χ1v) is 6.16. The van der Waals surface area contributed by atoms with E-state index < -0.39 is 17.4 Å². The molecule has 0 fully saturated rings. The van der Waals surface area contributed by atoms with Crippen molar-refractivity contribution in [1.29, 1.82) is 0 Å². The number of rotatable bonds is 1. The third-order valence-electron chi connectivity index (χ3n) is 3.14. The van der Waals surface area contributed by atoms with E-state index in [1.54, 1.807) is 30.3 Å². The summed E-state index contributed by atoms with van der Waals surface area (Å²) in [5.41, 5.74) is -1.14. The molecule has 3 rings (SSSR count). The molecular weight excluding hydrogens is 281 g/mol. The molecule has 0 bridgehead atoms. The Balaban J connectivity index is 2.19. The molecule has 106 valence electrons. The highest BCUT2D eigenvalue weighted by atomic mass is 19.4. The number of benzene rings is 2. The fraction of sp³-hybridized carbons (Fsp3) is 0.0625. The molecule has 1 aromatic heterocycles. The van der Waals surface area contributed by atoms with Gasteiger partial charge in [0.15, 0.2) is 0 Å². The zero-order valence-corrected chi connectivity index (χ0v) is 10.6. The van der Waals surface area contributed by atoms with Gasteiger partial charge in [0, 0.05) is 5.56 Å². The van der Waals surface area contributed by atoms with E-state index >= 15 is 0 Å². The van der Waals surface area contributed by atoms with Crippen molar-refractivity contribution in [1.82, 2.24) is 0 Å². The van der Waals surface area contributed by atoms with Crippen molar-refractivity contribution in [3.05, 3.63) is 70.6 Å². The number of hydrogen-bond acceptors (Lipinski definition) is 2. The van der Waals surface area contributed by atoms with Crippen LogP contribution < -0.4 is 5.63 Å². The maximum absolute atomic E-state index is 12.7. The van der Waals surface area contributed by atoms with Gasteiger partial charge in [0.05, 0.1) is 10.9 Å². The summed E-state index contributed by atoms with van der Waals surface area (Å²) in [5, 5.41) is 1.02. The second-order valence-corrected chi connectivity index (χ2v) is 4.56. The lowest BCUT2D eigenvalue weighted by atomic mass is 10.1. The highest BCUT2D eigenvalue weighted by Gasteiger charge is 2.30. The van der Waals surface area contributed by atoms with Gasteiger partial charge >= 0.3 is 11.8 Å². The molecule has 0 aliphatic carbocycles. The normalized spacial score (nSPS) is 11.8. The lowest BCUT2D eigenvalue weighted by molar-refractivity contribution is -0.137. The Kier molecular flexibility index (Phi) is 3.05. The van der Waals surface area contributed by atoms with Crippen molar-refractivity contribution in [3.8, 4) is 11.3 Å². The summed E-state index contributed by atoms with van der Waals surface area (Å²) in [4.78, 5) is 11.9. The molecule has 0 radical (unpaired) electrons. The van der Waals surface area contributed by atoms with Gasteiger partial charge in [-0.15, -0.1) is 0 Å². The molecule has 0 unspecified atom stereocenters. The molecule has 0 atom stereocenters. The zero-order chi connectivity index (χ0) is 15.0. The molecule has 0 aliphatic heterocycles. The van der Waals surface area contributed by atoms with Crippen LogP contribution in [0.15, 0.2) is 63.8 Å². The number of fused-ring (bicyclic) bond motifs is 1. The highest BCUT2D eigenvalue weighted by Crippen LogP contribution is 2.32. The smallest absolute Gasteiger partial charge is 0.416 e. The van der Waals surface area contributed by atoms with Crippen molar-refractivity contribution < 1.29 is 17.6 Å². The zero-order valence-electron chi connectivity index (χ0n) is 10.6. The molecule has 2 nitrogen and oxygen atoms in total. The molecule has 0 aliphatic rings. The van der Waals surface area contributed by atoms with Crippen LogP contribution in [0.25, 0.3) is 22.1 Å². The molecule has 0 amide bonds. The van der Waals surface area contributed by atoms with E-state index in [-0.39, 0.29) is 11.3 Å². The largest absolute Gasteiger partial charge is 0.422 e. The molecule has 1 heterocycles. The summed E-state index contributed by atoms with van der Waals surface area (Å²) >= 11 is 0. The molecule has 2 aromatic carbocycles. The predicted molar refractivity (Wildman–Crippen MR) is 72.9 cm³/mol. The quantitative estimate of drug-likeness (QED) is 0.661. The minimum absolute atomic E-state index is 0.116. The Morgan fingerprint density at radius 3 is 2.43 bits per heavy atom. The lowest BCUT2D eigenvalue weighted by Crippen LogP contribution is -2.05.